The fourth-order valence-corrected chi connectivity index (χ4v) is 1.98. The van der Waals surface area contributed by atoms with Crippen LogP contribution < -0.4 is 10.6 Å². The molecule has 0 heterocycles. The summed E-state index contributed by atoms with van der Waals surface area (Å²) in [6.45, 7) is 3.00. The second-order valence-corrected chi connectivity index (χ2v) is 4.26. The number of aliphatic hydroxyl groups excluding tert-OH is 1. The number of aliphatic hydroxyl groups is 1. The monoisotopic (exact) mass is 276 g/mol. The molecule has 1 aromatic rings. The molecule has 0 atom stereocenters. The SMILES string of the molecule is CCCN(CCO)c1ccc(C(F)(F)F)cc1CN. The largest absolute Gasteiger partial charge is 0.416 e. The summed E-state index contributed by atoms with van der Waals surface area (Å²) in [7, 11) is 0. The van der Waals surface area contributed by atoms with Gasteiger partial charge in [-0.25, -0.2) is 0 Å². The number of anilines is 1. The van der Waals surface area contributed by atoms with Crippen LogP contribution in [0.1, 0.15) is 24.5 Å². The third kappa shape index (κ3) is 4.11. The van der Waals surface area contributed by atoms with Crippen LogP contribution >= 0.6 is 0 Å². The maximum absolute atomic E-state index is 12.6. The highest BCUT2D eigenvalue weighted by Gasteiger charge is 2.31. The number of nitrogens with zero attached hydrogens (tertiary/aromatic N) is 1. The van der Waals surface area contributed by atoms with Gasteiger partial charge in [-0.2, -0.15) is 13.2 Å². The van der Waals surface area contributed by atoms with E-state index in [1.807, 2.05) is 11.8 Å². The summed E-state index contributed by atoms with van der Waals surface area (Å²) < 4.78 is 37.9. The molecule has 0 radical (unpaired) electrons. The van der Waals surface area contributed by atoms with E-state index in [2.05, 4.69) is 0 Å². The Labute approximate surface area is 110 Å². The van der Waals surface area contributed by atoms with Crippen molar-refractivity contribution < 1.29 is 18.3 Å². The molecular formula is C13H19F3N2O. The van der Waals surface area contributed by atoms with Crippen molar-refractivity contribution in [3.05, 3.63) is 29.3 Å². The summed E-state index contributed by atoms with van der Waals surface area (Å²) in [5.74, 6) is 0. The highest BCUT2D eigenvalue weighted by Crippen LogP contribution is 2.32. The fraction of sp³-hybridized carbons (Fsp3) is 0.538. The molecule has 108 valence electrons. The number of hydrogen-bond donors (Lipinski definition) is 2. The van der Waals surface area contributed by atoms with Crippen LogP contribution in [-0.4, -0.2) is 24.8 Å². The molecule has 0 bridgehead atoms. The van der Waals surface area contributed by atoms with Gasteiger partial charge in [0.15, 0.2) is 0 Å². The molecule has 0 saturated carbocycles. The number of hydrogen-bond acceptors (Lipinski definition) is 3. The zero-order valence-corrected chi connectivity index (χ0v) is 10.9. The van der Waals surface area contributed by atoms with Crippen LogP contribution in [0.2, 0.25) is 0 Å². The number of rotatable bonds is 6. The van der Waals surface area contributed by atoms with Gasteiger partial charge < -0.3 is 15.7 Å². The van der Waals surface area contributed by atoms with Crippen LogP contribution in [0.4, 0.5) is 18.9 Å². The number of nitrogens with two attached hydrogens (primary N) is 1. The lowest BCUT2D eigenvalue weighted by Gasteiger charge is -2.26. The van der Waals surface area contributed by atoms with Crippen LogP contribution in [-0.2, 0) is 12.7 Å². The molecule has 19 heavy (non-hydrogen) atoms. The van der Waals surface area contributed by atoms with Crippen LogP contribution in [0.5, 0.6) is 0 Å². The zero-order chi connectivity index (χ0) is 14.5. The molecule has 0 aromatic heterocycles. The molecule has 0 fully saturated rings. The molecule has 1 aromatic carbocycles. The Kier molecular flexibility index (Phi) is 5.62. The van der Waals surface area contributed by atoms with E-state index in [9.17, 15) is 13.2 Å². The molecule has 0 saturated heterocycles. The predicted octanol–water partition coefficient (Wildman–Crippen LogP) is 2.37. The lowest BCUT2D eigenvalue weighted by Crippen LogP contribution is -2.29. The number of benzene rings is 1. The quantitative estimate of drug-likeness (QED) is 0.838. The fourth-order valence-electron chi connectivity index (χ4n) is 1.98. The molecule has 0 aliphatic heterocycles. The average Bonchev–Trinajstić information content (AvgIpc) is 2.36. The highest BCUT2D eigenvalue weighted by atomic mass is 19.4. The van der Waals surface area contributed by atoms with Crippen molar-refractivity contribution in [2.75, 3.05) is 24.6 Å². The Morgan fingerprint density at radius 1 is 1.26 bits per heavy atom. The molecule has 1 rings (SSSR count). The predicted molar refractivity (Wildman–Crippen MR) is 68.9 cm³/mol. The topological polar surface area (TPSA) is 49.5 Å². The van der Waals surface area contributed by atoms with Crippen molar-refractivity contribution in [3.8, 4) is 0 Å². The Balaban J connectivity index is 3.13. The van der Waals surface area contributed by atoms with Gasteiger partial charge in [-0.05, 0) is 30.2 Å². The van der Waals surface area contributed by atoms with Crippen molar-refractivity contribution >= 4 is 5.69 Å². The number of alkyl halides is 3. The van der Waals surface area contributed by atoms with Gasteiger partial charge in [0.25, 0.3) is 0 Å². The normalized spacial score (nSPS) is 11.7. The second kappa shape index (κ2) is 6.77. The van der Waals surface area contributed by atoms with Gasteiger partial charge in [-0.3, -0.25) is 0 Å². The second-order valence-electron chi connectivity index (χ2n) is 4.26. The third-order valence-electron chi connectivity index (χ3n) is 2.83. The molecular weight excluding hydrogens is 257 g/mol. The molecule has 3 nitrogen and oxygen atoms in total. The Bertz CT molecular complexity index is 401. The molecule has 3 N–H and O–H groups in total. The van der Waals surface area contributed by atoms with Gasteiger partial charge in [-0.15, -0.1) is 0 Å². The minimum Gasteiger partial charge on any atom is -0.395 e. The minimum atomic E-state index is -4.37. The van der Waals surface area contributed by atoms with E-state index in [1.54, 1.807) is 0 Å². The zero-order valence-electron chi connectivity index (χ0n) is 10.9. The maximum atomic E-state index is 12.6. The first-order chi connectivity index (χ1) is 8.93. The average molecular weight is 276 g/mol. The van der Waals surface area contributed by atoms with Crippen molar-refractivity contribution in [3.63, 3.8) is 0 Å². The first kappa shape index (κ1) is 15.8. The van der Waals surface area contributed by atoms with E-state index in [0.29, 0.717) is 24.3 Å². The van der Waals surface area contributed by atoms with E-state index in [0.717, 1.165) is 18.6 Å². The van der Waals surface area contributed by atoms with Crippen molar-refractivity contribution in [2.24, 2.45) is 5.73 Å². The number of halogens is 3. The first-order valence-corrected chi connectivity index (χ1v) is 6.20. The van der Waals surface area contributed by atoms with Crippen molar-refractivity contribution in [1.29, 1.82) is 0 Å². The van der Waals surface area contributed by atoms with Gasteiger partial charge >= 0.3 is 6.18 Å². The standard InChI is InChI=1S/C13H19F3N2O/c1-2-5-18(6-7-19)12-4-3-11(13(14,15)16)8-10(12)9-17/h3-4,8,19H,2,5-7,9,17H2,1H3. The molecule has 6 heteroatoms. The lowest BCUT2D eigenvalue weighted by atomic mass is 10.1. The smallest absolute Gasteiger partial charge is 0.395 e. The van der Waals surface area contributed by atoms with Crippen LogP contribution in [0.25, 0.3) is 0 Å². The molecule has 0 unspecified atom stereocenters. The Morgan fingerprint density at radius 3 is 2.42 bits per heavy atom. The van der Waals surface area contributed by atoms with E-state index in [1.165, 1.54) is 6.07 Å². The van der Waals surface area contributed by atoms with Gasteiger partial charge in [0.05, 0.1) is 12.2 Å². The van der Waals surface area contributed by atoms with E-state index >= 15 is 0 Å². The van der Waals surface area contributed by atoms with E-state index in [4.69, 9.17) is 10.8 Å². The van der Waals surface area contributed by atoms with Crippen LogP contribution in [0.3, 0.4) is 0 Å². The van der Waals surface area contributed by atoms with Gasteiger partial charge in [0.2, 0.25) is 0 Å². The van der Waals surface area contributed by atoms with Crippen LogP contribution in [0.15, 0.2) is 18.2 Å². The summed E-state index contributed by atoms with van der Waals surface area (Å²) in [4.78, 5) is 1.85. The van der Waals surface area contributed by atoms with Gasteiger partial charge in [0, 0.05) is 25.3 Å². The molecule has 0 amide bonds. The maximum Gasteiger partial charge on any atom is 0.416 e. The summed E-state index contributed by atoms with van der Waals surface area (Å²) >= 11 is 0. The van der Waals surface area contributed by atoms with E-state index in [-0.39, 0.29) is 13.2 Å². The van der Waals surface area contributed by atoms with Crippen molar-refractivity contribution in [1.82, 2.24) is 0 Å². The third-order valence-corrected chi connectivity index (χ3v) is 2.83. The summed E-state index contributed by atoms with van der Waals surface area (Å²) in [5.41, 5.74) is 5.94. The molecule has 0 aliphatic rings. The molecule has 0 aliphatic carbocycles. The van der Waals surface area contributed by atoms with E-state index < -0.39 is 11.7 Å². The minimum absolute atomic E-state index is 0.0326. The Hall–Kier alpha value is -1.27. The summed E-state index contributed by atoms with van der Waals surface area (Å²) in [5, 5.41) is 9.02. The first-order valence-electron chi connectivity index (χ1n) is 6.20. The van der Waals surface area contributed by atoms with Crippen LogP contribution in [0, 0.1) is 0 Å². The van der Waals surface area contributed by atoms with Gasteiger partial charge in [-0.1, -0.05) is 6.92 Å². The molecule has 0 spiro atoms. The Morgan fingerprint density at radius 2 is 1.95 bits per heavy atom. The summed E-state index contributed by atoms with van der Waals surface area (Å²) in [6, 6.07) is 3.56. The van der Waals surface area contributed by atoms with Crippen molar-refractivity contribution in [2.45, 2.75) is 26.1 Å². The lowest BCUT2D eigenvalue weighted by molar-refractivity contribution is -0.137. The highest BCUT2D eigenvalue weighted by molar-refractivity contribution is 5.55. The van der Waals surface area contributed by atoms with Gasteiger partial charge in [0.1, 0.15) is 0 Å². The summed E-state index contributed by atoms with van der Waals surface area (Å²) in [6.07, 6.45) is -3.53.